The lowest BCUT2D eigenvalue weighted by molar-refractivity contribution is -0.139. The summed E-state index contributed by atoms with van der Waals surface area (Å²) >= 11 is 0. The van der Waals surface area contributed by atoms with Crippen molar-refractivity contribution < 1.29 is 28.5 Å². The second kappa shape index (κ2) is 13.3. The lowest BCUT2D eigenvalue weighted by Gasteiger charge is -2.42. The molecule has 0 radical (unpaired) electrons. The number of benzene rings is 3. The number of nitrogens with zero attached hydrogens (tertiary/aromatic N) is 1. The molecule has 1 aromatic heterocycles. The van der Waals surface area contributed by atoms with E-state index in [2.05, 4.69) is 38.8 Å². The Labute approximate surface area is 294 Å². The van der Waals surface area contributed by atoms with Crippen LogP contribution in [0.25, 0.3) is 0 Å². The second-order valence-electron chi connectivity index (χ2n) is 14.9. The third-order valence-corrected chi connectivity index (χ3v) is 15.3. The van der Waals surface area contributed by atoms with Crippen LogP contribution >= 0.6 is 0 Å². The molecule has 2 fully saturated rings. The highest BCUT2D eigenvalue weighted by Crippen LogP contribution is 2.54. The summed E-state index contributed by atoms with van der Waals surface area (Å²) < 4.78 is 33.6. The monoisotopic (exact) mass is 700 g/mol. The molecule has 0 bridgehead atoms. The van der Waals surface area contributed by atoms with Crippen LogP contribution in [-0.2, 0) is 19.5 Å². The summed E-state index contributed by atoms with van der Waals surface area (Å²) in [6.07, 6.45) is -1.17. The molecule has 1 saturated heterocycles. The molecule has 5 atom stereocenters. The van der Waals surface area contributed by atoms with Gasteiger partial charge in [0.25, 0.3) is 5.56 Å². The minimum Gasteiger partial charge on any atom is -0.497 e. The van der Waals surface area contributed by atoms with Crippen LogP contribution < -0.4 is 20.7 Å². The maximum atomic E-state index is 13.3. The summed E-state index contributed by atoms with van der Waals surface area (Å²) in [5.41, 5.74) is -0.847. The van der Waals surface area contributed by atoms with Crippen LogP contribution in [0, 0.1) is 6.92 Å². The number of H-pyrrole nitrogens is 1. The number of methoxy groups -OCH3 is 2. The number of nitrogens with one attached hydrogen (secondary N) is 1. The molecule has 10 nitrogen and oxygen atoms in total. The predicted molar refractivity (Wildman–Crippen MR) is 193 cm³/mol. The molecule has 11 heteroatoms. The number of rotatable bonds is 10. The number of aromatic amines is 1. The van der Waals surface area contributed by atoms with E-state index in [0.29, 0.717) is 29.9 Å². The van der Waals surface area contributed by atoms with Gasteiger partial charge in [-0.25, -0.2) is 4.79 Å². The lowest BCUT2D eigenvalue weighted by Crippen LogP contribution is -2.55. The van der Waals surface area contributed by atoms with E-state index in [1.54, 1.807) is 21.1 Å². The Balaban J connectivity index is 1.51. The Bertz CT molecular complexity index is 1870. The van der Waals surface area contributed by atoms with Gasteiger partial charge in [-0.1, -0.05) is 75.4 Å². The third-order valence-electron chi connectivity index (χ3n) is 10.8. The minimum atomic E-state index is -2.53. The van der Waals surface area contributed by atoms with Gasteiger partial charge in [0, 0.05) is 11.8 Å². The summed E-state index contributed by atoms with van der Waals surface area (Å²) in [5, 5.41) is 12.6. The standard InChI is InChI=1S/C39H48N2O8Si/c1-25-24-41(36(43)40-34(25)42)35-33(49-50(7,8)37(2,3)4)38(44)23-22-31(32(38)47-35)48-39(26-12-10-9-11-13-26,27-14-18-29(45-5)19-15-27)28-16-20-30(46-6)21-17-28/h9-21,24,31-33,35,44H,22-23H2,1-8H3,(H,40,42,43)/t31-,32-,33+,35-,38-/m1/s1. The normalized spacial score (nSPS) is 23.9. The maximum Gasteiger partial charge on any atom is 0.330 e. The zero-order chi connectivity index (χ0) is 36.1. The van der Waals surface area contributed by atoms with Crippen LogP contribution in [0.2, 0.25) is 18.1 Å². The van der Waals surface area contributed by atoms with Crippen molar-refractivity contribution in [3.05, 3.63) is 128 Å². The van der Waals surface area contributed by atoms with Crippen molar-refractivity contribution in [2.24, 2.45) is 0 Å². The van der Waals surface area contributed by atoms with Gasteiger partial charge in [0.2, 0.25) is 0 Å². The molecule has 2 heterocycles. The van der Waals surface area contributed by atoms with E-state index in [4.69, 9.17) is 23.4 Å². The predicted octanol–water partition coefficient (Wildman–Crippen LogP) is 6.05. The van der Waals surface area contributed by atoms with Crippen LogP contribution in [0.1, 0.15) is 62.1 Å². The molecule has 50 heavy (non-hydrogen) atoms. The smallest absolute Gasteiger partial charge is 0.330 e. The number of aliphatic hydroxyl groups is 1. The molecule has 266 valence electrons. The molecule has 3 aromatic carbocycles. The highest BCUT2D eigenvalue weighted by molar-refractivity contribution is 6.74. The number of fused-ring (bicyclic) bond motifs is 1. The number of hydrogen-bond acceptors (Lipinski definition) is 8. The fourth-order valence-electron chi connectivity index (χ4n) is 6.98. The molecular formula is C39H48N2O8Si. The topological polar surface area (TPSA) is 121 Å². The van der Waals surface area contributed by atoms with E-state index < -0.39 is 55.3 Å². The number of ether oxygens (including phenoxy) is 4. The Morgan fingerprint density at radius 1 is 0.880 bits per heavy atom. The molecule has 0 spiro atoms. The van der Waals surface area contributed by atoms with E-state index in [1.807, 2.05) is 78.9 Å². The first-order chi connectivity index (χ1) is 23.6. The summed E-state index contributed by atoms with van der Waals surface area (Å²) in [7, 11) is 0.728. The Morgan fingerprint density at radius 3 is 1.94 bits per heavy atom. The highest BCUT2D eigenvalue weighted by atomic mass is 28.4. The molecule has 1 aliphatic carbocycles. The van der Waals surface area contributed by atoms with Crippen LogP contribution in [-0.4, -0.2) is 61.1 Å². The molecule has 4 aromatic rings. The van der Waals surface area contributed by atoms with Gasteiger partial charge in [-0.15, -0.1) is 0 Å². The van der Waals surface area contributed by atoms with Crippen molar-refractivity contribution in [2.45, 2.75) is 94.4 Å². The largest absolute Gasteiger partial charge is 0.497 e. The zero-order valence-corrected chi connectivity index (χ0v) is 31.1. The Morgan fingerprint density at radius 2 is 1.42 bits per heavy atom. The van der Waals surface area contributed by atoms with E-state index in [-0.39, 0.29) is 5.04 Å². The molecule has 2 aliphatic rings. The van der Waals surface area contributed by atoms with Gasteiger partial charge in [-0.3, -0.25) is 14.3 Å². The number of aromatic nitrogens is 2. The van der Waals surface area contributed by atoms with Crippen LogP contribution in [0.5, 0.6) is 11.5 Å². The molecule has 6 rings (SSSR count). The molecule has 0 amide bonds. The van der Waals surface area contributed by atoms with Crippen molar-refractivity contribution in [2.75, 3.05) is 14.2 Å². The second-order valence-corrected chi connectivity index (χ2v) is 19.7. The molecule has 1 saturated carbocycles. The van der Waals surface area contributed by atoms with Gasteiger partial charge >= 0.3 is 5.69 Å². The van der Waals surface area contributed by atoms with E-state index in [0.717, 1.165) is 16.7 Å². The van der Waals surface area contributed by atoms with Crippen molar-refractivity contribution in [3.63, 3.8) is 0 Å². The third kappa shape index (κ3) is 6.15. The van der Waals surface area contributed by atoms with E-state index in [1.165, 1.54) is 10.8 Å². The van der Waals surface area contributed by atoms with Gasteiger partial charge in [0.15, 0.2) is 14.5 Å². The molecule has 1 aliphatic heterocycles. The van der Waals surface area contributed by atoms with Gasteiger partial charge < -0.3 is 28.5 Å². The first-order valence-electron chi connectivity index (χ1n) is 17.0. The van der Waals surface area contributed by atoms with Crippen molar-refractivity contribution in [3.8, 4) is 11.5 Å². The first-order valence-corrected chi connectivity index (χ1v) is 20.0. The number of aryl methyl sites for hydroxylation is 1. The van der Waals surface area contributed by atoms with Crippen molar-refractivity contribution >= 4 is 8.32 Å². The summed E-state index contributed by atoms with van der Waals surface area (Å²) in [5.74, 6) is 1.41. The summed E-state index contributed by atoms with van der Waals surface area (Å²) in [4.78, 5) is 28.1. The SMILES string of the molecule is COc1ccc(C(O[C@@H]2CC[C@@]3(O)[C@@H]2O[C@@H](n2cc(C)c(=O)[nH]c2=O)[C@@H]3O[Si](C)(C)C(C)(C)C)(c2ccccc2)c2ccc(OC)cc2)cc1. The van der Waals surface area contributed by atoms with Gasteiger partial charge in [-0.05, 0) is 78.9 Å². The van der Waals surface area contributed by atoms with Gasteiger partial charge in [0.1, 0.15) is 34.9 Å². The van der Waals surface area contributed by atoms with Gasteiger partial charge in [0.05, 0.1) is 20.3 Å². The lowest BCUT2D eigenvalue weighted by atomic mass is 9.79. The van der Waals surface area contributed by atoms with Crippen molar-refractivity contribution in [1.82, 2.24) is 9.55 Å². The van der Waals surface area contributed by atoms with Gasteiger partial charge in [-0.2, -0.15) is 0 Å². The quantitative estimate of drug-likeness (QED) is 0.152. The van der Waals surface area contributed by atoms with Crippen molar-refractivity contribution in [1.29, 1.82) is 0 Å². The zero-order valence-electron chi connectivity index (χ0n) is 30.1. The fraction of sp³-hybridized carbons (Fsp3) is 0.436. The average molecular weight is 701 g/mol. The molecular weight excluding hydrogens is 653 g/mol. The summed E-state index contributed by atoms with van der Waals surface area (Å²) in [6, 6.07) is 25.5. The maximum absolute atomic E-state index is 13.3. The number of hydrogen-bond donors (Lipinski definition) is 2. The Hall–Kier alpha value is -4.00. The molecule has 2 N–H and O–H groups in total. The minimum absolute atomic E-state index is 0.197. The fourth-order valence-corrected chi connectivity index (χ4v) is 8.29. The summed E-state index contributed by atoms with van der Waals surface area (Å²) in [6.45, 7) is 12.2. The first kappa shape index (κ1) is 35.8. The van der Waals surface area contributed by atoms with E-state index in [9.17, 15) is 14.7 Å². The van der Waals surface area contributed by atoms with Crippen LogP contribution in [0.4, 0.5) is 0 Å². The van der Waals surface area contributed by atoms with Crippen LogP contribution in [0.15, 0.2) is 94.6 Å². The molecule has 0 unspecified atom stereocenters. The van der Waals surface area contributed by atoms with Crippen LogP contribution in [0.3, 0.4) is 0 Å². The Kier molecular flexibility index (Phi) is 9.51. The van der Waals surface area contributed by atoms with E-state index >= 15 is 0 Å². The average Bonchev–Trinajstić information content (AvgIpc) is 3.56. The highest BCUT2D eigenvalue weighted by Gasteiger charge is 2.65.